The van der Waals surface area contributed by atoms with Crippen molar-refractivity contribution in [2.24, 2.45) is 5.92 Å². The molecule has 1 saturated heterocycles. The SMILES string of the molecule is Cc1cc(C)n(-c2cc(N3CC(C(=O)Nc4cccc(Cl)c4)C3)ncn2)n1. The van der Waals surface area contributed by atoms with Gasteiger partial charge in [-0.25, -0.2) is 14.6 Å². The number of aromatic nitrogens is 4. The lowest BCUT2D eigenvalue weighted by atomic mass is 9.99. The molecule has 3 aromatic rings. The maximum Gasteiger partial charge on any atom is 0.231 e. The van der Waals surface area contributed by atoms with Crippen LogP contribution in [-0.4, -0.2) is 38.7 Å². The van der Waals surface area contributed by atoms with E-state index in [9.17, 15) is 4.79 Å². The van der Waals surface area contributed by atoms with Gasteiger partial charge in [0.25, 0.3) is 0 Å². The highest BCUT2D eigenvalue weighted by atomic mass is 35.5. The fourth-order valence-electron chi connectivity index (χ4n) is 3.13. The molecule has 7 nitrogen and oxygen atoms in total. The molecule has 0 aliphatic carbocycles. The quantitative estimate of drug-likeness (QED) is 0.750. The number of nitrogens with one attached hydrogen (secondary N) is 1. The van der Waals surface area contributed by atoms with Crippen LogP contribution in [0.25, 0.3) is 5.82 Å². The lowest BCUT2D eigenvalue weighted by Gasteiger charge is -2.39. The van der Waals surface area contributed by atoms with Gasteiger partial charge in [0.05, 0.1) is 11.6 Å². The number of benzene rings is 1. The first-order valence-electron chi connectivity index (χ1n) is 8.66. The van der Waals surface area contributed by atoms with Gasteiger partial charge < -0.3 is 10.2 Å². The minimum atomic E-state index is -0.0870. The summed E-state index contributed by atoms with van der Waals surface area (Å²) in [5.41, 5.74) is 2.66. The second kappa shape index (κ2) is 7.00. The topological polar surface area (TPSA) is 75.9 Å². The second-order valence-corrected chi connectivity index (χ2v) is 7.11. The molecule has 4 rings (SSSR count). The van der Waals surface area contributed by atoms with E-state index in [1.54, 1.807) is 16.8 Å². The zero-order valence-electron chi connectivity index (χ0n) is 15.1. The minimum Gasteiger partial charge on any atom is -0.355 e. The Morgan fingerprint density at radius 3 is 2.63 bits per heavy atom. The van der Waals surface area contributed by atoms with E-state index >= 15 is 0 Å². The molecule has 0 atom stereocenters. The van der Waals surface area contributed by atoms with Crippen LogP contribution in [0, 0.1) is 19.8 Å². The summed E-state index contributed by atoms with van der Waals surface area (Å²) in [6, 6.07) is 11.0. The zero-order chi connectivity index (χ0) is 19.0. The van der Waals surface area contributed by atoms with Gasteiger partial charge in [-0.2, -0.15) is 5.10 Å². The lowest BCUT2D eigenvalue weighted by Crippen LogP contribution is -2.52. The summed E-state index contributed by atoms with van der Waals surface area (Å²) in [6.07, 6.45) is 1.53. The zero-order valence-corrected chi connectivity index (χ0v) is 15.8. The van der Waals surface area contributed by atoms with E-state index in [-0.39, 0.29) is 11.8 Å². The van der Waals surface area contributed by atoms with E-state index in [4.69, 9.17) is 11.6 Å². The van der Waals surface area contributed by atoms with Gasteiger partial charge in [0.1, 0.15) is 12.1 Å². The predicted octanol–water partition coefficient (Wildman–Crippen LogP) is 3.01. The maximum atomic E-state index is 12.4. The monoisotopic (exact) mass is 382 g/mol. The van der Waals surface area contributed by atoms with Crippen LogP contribution in [0.3, 0.4) is 0 Å². The van der Waals surface area contributed by atoms with E-state index in [1.165, 1.54) is 6.33 Å². The molecule has 0 spiro atoms. The van der Waals surface area contributed by atoms with Crippen LogP contribution in [0.15, 0.2) is 42.7 Å². The number of hydrogen-bond donors (Lipinski definition) is 1. The standard InChI is InChI=1S/C19H19ClN6O/c1-12-6-13(2)26(24-12)18-8-17(21-11-22-18)25-9-14(10-25)19(27)23-16-5-3-4-15(20)7-16/h3-8,11,14H,9-10H2,1-2H3,(H,23,27). The third-order valence-electron chi connectivity index (χ3n) is 4.53. The summed E-state index contributed by atoms with van der Waals surface area (Å²) in [5.74, 6) is 1.41. The predicted molar refractivity (Wildman–Crippen MR) is 104 cm³/mol. The molecule has 1 N–H and O–H groups in total. The van der Waals surface area contributed by atoms with Crippen LogP contribution in [0.2, 0.25) is 5.02 Å². The van der Waals surface area contributed by atoms with E-state index in [0.29, 0.717) is 23.8 Å². The summed E-state index contributed by atoms with van der Waals surface area (Å²) < 4.78 is 1.80. The highest BCUT2D eigenvalue weighted by molar-refractivity contribution is 6.30. The van der Waals surface area contributed by atoms with Crippen molar-refractivity contribution < 1.29 is 4.79 Å². The number of halogens is 1. The fraction of sp³-hybridized carbons (Fsp3) is 0.263. The average molecular weight is 383 g/mol. The number of anilines is 2. The van der Waals surface area contributed by atoms with Crippen molar-refractivity contribution in [3.8, 4) is 5.82 Å². The normalized spacial score (nSPS) is 14.1. The third kappa shape index (κ3) is 3.64. The van der Waals surface area contributed by atoms with Crippen molar-refractivity contribution in [1.82, 2.24) is 19.7 Å². The number of carbonyl (C=O) groups excluding carboxylic acids is 1. The molecule has 3 heterocycles. The number of rotatable bonds is 4. The van der Waals surface area contributed by atoms with E-state index in [0.717, 1.165) is 23.0 Å². The number of nitrogens with zero attached hydrogens (tertiary/aromatic N) is 5. The van der Waals surface area contributed by atoms with Crippen LogP contribution in [0.5, 0.6) is 0 Å². The molecule has 0 saturated carbocycles. The molecule has 1 amide bonds. The Morgan fingerprint density at radius 1 is 1.15 bits per heavy atom. The molecule has 0 unspecified atom stereocenters. The van der Waals surface area contributed by atoms with Crippen LogP contribution >= 0.6 is 11.6 Å². The molecule has 8 heteroatoms. The molecular weight excluding hydrogens is 364 g/mol. The first-order valence-corrected chi connectivity index (χ1v) is 9.04. The molecule has 0 bridgehead atoms. The van der Waals surface area contributed by atoms with Crippen LogP contribution in [0.1, 0.15) is 11.4 Å². The molecule has 0 radical (unpaired) electrons. The van der Waals surface area contributed by atoms with E-state index in [1.807, 2.05) is 38.1 Å². The van der Waals surface area contributed by atoms with Gasteiger partial charge in [-0.05, 0) is 38.1 Å². The first kappa shape index (κ1) is 17.5. The third-order valence-corrected chi connectivity index (χ3v) is 4.77. The van der Waals surface area contributed by atoms with E-state index in [2.05, 4.69) is 25.3 Å². The number of carbonyl (C=O) groups is 1. The van der Waals surface area contributed by atoms with Crippen molar-refractivity contribution >= 4 is 29.0 Å². The van der Waals surface area contributed by atoms with Gasteiger partial charge in [-0.15, -0.1) is 0 Å². The molecule has 1 aliphatic heterocycles. The van der Waals surface area contributed by atoms with Gasteiger partial charge in [-0.3, -0.25) is 4.79 Å². The van der Waals surface area contributed by atoms with Crippen LogP contribution in [-0.2, 0) is 4.79 Å². The van der Waals surface area contributed by atoms with Crippen molar-refractivity contribution in [3.05, 3.63) is 59.1 Å². The van der Waals surface area contributed by atoms with Crippen LogP contribution in [0.4, 0.5) is 11.5 Å². The summed E-state index contributed by atoms with van der Waals surface area (Å²) >= 11 is 5.96. The molecular formula is C19H19ClN6O. The maximum absolute atomic E-state index is 12.4. The molecule has 1 fully saturated rings. The summed E-state index contributed by atoms with van der Waals surface area (Å²) in [4.78, 5) is 23.1. The Hall–Kier alpha value is -2.93. The smallest absolute Gasteiger partial charge is 0.231 e. The van der Waals surface area contributed by atoms with E-state index < -0.39 is 0 Å². The van der Waals surface area contributed by atoms with Crippen molar-refractivity contribution in [2.75, 3.05) is 23.3 Å². The van der Waals surface area contributed by atoms with Crippen molar-refractivity contribution in [3.63, 3.8) is 0 Å². The highest BCUT2D eigenvalue weighted by Crippen LogP contribution is 2.25. The average Bonchev–Trinajstić information content (AvgIpc) is 2.92. The molecule has 1 aliphatic rings. The highest BCUT2D eigenvalue weighted by Gasteiger charge is 2.33. The van der Waals surface area contributed by atoms with Gasteiger partial charge >= 0.3 is 0 Å². The Bertz CT molecular complexity index is 995. The van der Waals surface area contributed by atoms with Gasteiger partial charge in [0, 0.05) is 35.6 Å². The molecule has 27 heavy (non-hydrogen) atoms. The van der Waals surface area contributed by atoms with Gasteiger partial charge in [-0.1, -0.05) is 17.7 Å². The van der Waals surface area contributed by atoms with Gasteiger partial charge in [0.15, 0.2) is 5.82 Å². The Balaban J connectivity index is 1.41. The number of hydrogen-bond acceptors (Lipinski definition) is 5. The summed E-state index contributed by atoms with van der Waals surface area (Å²) in [5, 5.41) is 7.96. The largest absolute Gasteiger partial charge is 0.355 e. The Morgan fingerprint density at radius 2 is 1.93 bits per heavy atom. The van der Waals surface area contributed by atoms with Crippen molar-refractivity contribution in [1.29, 1.82) is 0 Å². The molecule has 138 valence electrons. The number of aryl methyl sites for hydroxylation is 2. The minimum absolute atomic E-state index is 0.0126. The molecule has 2 aromatic heterocycles. The summed E-state index contributed by atoms with van der Waals surface area (Å²) in [6.45, 7) is 5.16. The summed E-state index contributed by atoms with van der Waals surface area (Å²) in [7, 11) is 0. The van der Waals surface area contributed by atoms with Crippen molar-refractivity contribution in [2.45, 2.75) is 13.8 Å². The molecule has 1 aromatic carbocycles. The first-order chi connectivity index (χ1) is 13.0. The Labute approximate surface area is 162 Å². The second-order valence-electron chi connectivity index (χ2n) is 6.67. The Kier molecular flexibility index (Phi) is 4.53. The fourth-order valence-corrected chi connectivity index (χ4v) is 3.32. The van der Waals surface area contributed by atoms with Gasteiger partial charge in [0.2, 0.25) is 5.91 Å². The lowest BCUT2D eigenvalue weighted by molar-refractivity contribution is -0.120. The number of amides is 1. The van der Waals surface area contributed by atoms with Crippen LogP contribution < -0.4 is 10.2 Å².